The van der Waals surface area contributed by atoms with E-state index in [-0.39, 0.29) is 11.5 Å². The van der Waals surface area contributed by atoms with E-state index in [1.54, 1.807) is 24.3 Å². The number of aryl methyl sites for hydroxylation is 2. The second kappa shape index (κ2) is 6.47. The Balaban J connectivity index is 2.15. The molecule has 25 heavy (non-hydrogen) atoms. The van der Waals surface area contributed by atoms with Gasteiger partial charge in [-0.05, 0) is 37.1 Å². The molecule has 2 unspecified atom stereocenters. The number of fused-ring (bicyclic) bond motifs is 1. The summed E-state index contributed by atoms with van der Waals surface area (Å²) >= 11 is 0. The topological polar surface area (TPSA) is 90.9 Å². The van der Waals surface area contributed by atoms with Crippen LogP contribution in [0, 0.1) is 13.8 Å². The third-order valence-electron chi connectivity index (χ3n) is 4.54. The van der Waals surface area contributed by atoms with Crippen LogP contribution in [0.2, 0.25) is 0 Å². The monoisotopic (exact) mass is 336 g/mol. The van der Waals surface area contributed by atoms with Gasteiger partial charge in [0, 0.05) is 5.92 Å². The van der Waals surface area contributed by atoms with Crippen LogP contribution < -0.4 is 11.3 Å². The highest BCUT2D eigenvalue weighted by atomic mass is 16.2. The van der Waals surface area contributed by atoms with Crippen LogP contribution in [0.25, 0.3) is 10.9 Å². The molecule has 0 saturated heterocycles. The maximum Gasteiger partial charge on any atom is 0.278 e. The van der Waals surface area contributed by atoms with Crippen molar-refractivity contribution in [2.75, 3.05) is 0 Å². The van der Waals surface area contributed by atoms with E-state index in [0.717, 1.165) is 21.4 Å². The Morgan fingerprint density at radius 2 is 1.88 bits per heavy atom. The van der Waals surface area contributed by atoms with Crippen molar-refractivity contribution in [3.05, 3.63) is 69.5 Å². The third kappa shape index (κ3) is 3.03. The Kier molecular flexibility index (Phi) is 4.35. The minimum absolute atomic E-state index is 0.314. The number of carbonyl (C=O) groups excluding carboxylic acids is 1. The Morgan fingerprint density at radius 1 is 1.16 bits per heavy atom. The number of amides is 1. The summed E-state index contributed by atoms with van der Waals surface area (Å²) in [7, 11) is 0. The van der Waals surface area contributed by atoms with E-state index in [4.69, 9.17) is 5.73 Å². The van der Waals surface area contributed by atoms with E-state index in [1.807, 2.05) is 39.0 Å². The minimum atomic E-state index is -0.911. The average molecular weight is 336 g/mol. The normalized spacial score (nSPS) is 13.6. The molecule has 6 heteroatoms. The molecule has 0 aliphatic carbocycles. The second-order valence-electron chi connectivity index (χ2n) is 6.35. The molecular weight excluding hydrogens is 316 g/mol. The first-order valence-corrected chi connectivity index (χ1v) is 8.11. The molecule has 0 aliphatic heterocycles. The fourth-order valence-electron chi connectivity index (χ4n) is 3.27. The summed E-state index contributed by atoms with van der Waals surface area (Å²) in [4.78, 5) is 25.0. The summed E-state index contributed by atoms with van der Waals surface area (Å²) < 4.78 is 1.11. The molecule has 1 aromatic heterocycles. The van der Waals surface area contributed by atoms with Crippen molar-refractivity contribution in [3.63, 3.8) is 0 Å². The summed E-state index contributed by atoms with van der Waals surface area (Å²) in [6.07, 6.45) is 0. The van der Waals surface area contributed by atoms with Gasteiger partial charge < -0.3 is 5.73 Å². The standard InChI is InChI=1S/C19H20N4O2/c1-11-8-9-14(12(2)10-11)13(3)17(18(20)24)23-19(25)15-6-4-5-7-16(15)21-22-23/h4-10,13,17H,1-3H3,(H2,20,24). The van der Waals surface area contributed by atoms with Gasteiger partial charge in [-0.1, -0.05) is 48.0 Å². The first kappa shape index (κ1) is 16.8. The SMILES string of the molecule is Cc1ccc(C(C)C(C(N)=O)n2nnc3ccccc3c2=O)c(C)c1. The maximum atomic E-state index is 12.8. The summed E-state index contributed by atoms with van der Waals surface area (Å²) in [6.45, 7) is 5.86. The van der Waals surface area contributed by atoms with Gasteiger partial charge in [-0.15, -0.1) is 5.10 Å². The average Bonchev–Trinajstić information content (AvgIpc) is 2.57. The molecule has 6 nitrogen and oxygen atoms in total. The Bertz CT molecular complexity index is 1010. The number of benzene rings is 2. The van der Waals surface area contributed by atoms with E-state index in [0.29, 0.717) is 10.9 Å². The van der Waals surface area contributed by atoms with Crippen molar-refractivity contribution in [1.29, 1.82) is 0 Å². The van der Waals surface area contributed by atoms with Crippen LogP contribution in [0.1, 0.15) is 35.6 Å². The number of nitrogens with zero attached hydrogens (tertiary/aromatic N) is 3. The molecule has 0 aliphatic rings. The van der Waals surface area contributed by atoms with Crippen molar-refractivity contribution in [3.8, 4) is 0 Å². The largest absolute Gasteiger partial charge is 0.368 e. The van der Waals surface area contributed by atoms with Crippen LogP contribution in [0.4, 0.5) is 0 Å². The quantitative estimate of drug-likeness (QED) is 0.791. The molecule has 3 rings (SSSR count). The van der Waals surface area contributed by atoms with Crippen molar-refractivity contribution in [1.82, 2.24) is 15.0 Å². The van der Waals surface area contributed by atoms with Crippen molar-refractivity contribution in [2.24, 2.45) is 5.73 Å². The highest BCUT2D eigenvalue weighted by Gasteiger charge is 2.29. The number of hydrogen-bond donors (Lipinski definition) is 1. The van der Waals surface area contributed by atoms with Crippen molar-refractivity contribution >= 4 is 16.8 Å². The molecule has 1 amide bonds. The fraction of sp³-hybridized carbons (Fsp3) is 0.263. The molecule has 0 radical (unpaired) electrons. The van der Waals surface area contributed by atoms with Gasteiger partial charge >= 0.3 is 0 Å². The van der Waals surface area contributed by atoms with Gasteiger partial charge in [-0.25, -0.2) is 0 Å². The molecule has 0 saturated carbocycles. The number of primary amides is 1. The highest BCUT2D eigenvalue weighted by Crippen LogP contribution is 2.29. The number of nitrogens with two attached hydrogens (primary N) is 1. The molecule has 2 N–H and O–H groups in total. The van der Waals surface area contributed by atoms with E-state index in [9.17, 15) is 9.59 Å². The zero-order chi connectivity index (χ0) is 18.1. The van der Waals surface area contributed by atoms with Gasteiger partial charge in [0.1, 0.15) is 11.6 Å². The van der Waals surface area contributed by atoms with E-state index in [2.05, 4.69) is 10.3 Å². The summed E-state index contributed by atoms with van der Waals surface area (Å²) in [5.41, 5.74) is 8.88. The Morgan fingerprint density at radius 3 is 2.56 bits per heavy atom. The van der Waals surface area contributed by atoms with Gasteiger partial charge in [0.15, 0.2) is 0 Å². The fourth-order valence-corrected chi connectivity index (χ4v) is 3.27. The maximum absolute atomic E-state index is 12.8. The molecule has 3 aromatic rings. The van der Waals surface area contributed by atoms with Crippen LogP contribution in [-0.2, 0) is 4.79 Å². The molecule has 0 bridgehead atoms. The Labute approximate surface area is 145 Å². The molecule has 2 aromatic carbocycles. The zero-order valence-corrected chi connectivity index (χ0v) is 14.4. The lowest BCUT2D eigenvalue weighted by molar-refractivity contribution is -0.122. The van der Waals surface area contributed by atoms with Crippen LogP contribution >= 0.6 is 0 Å². The van der Waals surface area contributed by atoms with Crippen LogP contribution in [0.5, 0.6) is 0 Å². The predicted octanol–water partition coefficient (Wildman–Crippen LogP) is 2.24. The summed E-state index contributed by atoms with van der Waals surface area (Å²) in [5.74, 6) is -0.926. The summed E-state index contributed by atoms with van der Waals surface area (Å²) in [6, 6.07) is 12.0. The van der Waals surface area contributed by atoms with Crippen LogP contribution in [0.15, 0.2) is 47.3 Å². The molecule has 1 heterocycles. The highest BCUT2D eigenvalue weighted by molar-refractivity contribution is 5.81. The molecule has 0 spiro atoms. The second-order valence-corrected chi connectivity index (χ2v) is 6.35. The lowest BCUT2D eigenvalue weighted by Crippen LogP contribution is -2.39. The van der Waals surface area contributed by atoms with Gasteiger partial charge in [0.25, 0.3) is 5.56 Å². The molecule has 0 fully saturated rings. The lowest BCUT2D eigenvalue weighted by Gasteiger charge is -2.23. The lowest BCUT2D eigenvalue weighted by atomic mass is 9.89. The van der Waals surface area contributed by atoms with Crippen molar-refractivity contribution in [2.45, 2.75) is 32.7 Å². The first-order chi connectivity index (χ1) is 11.9. The number of aromatic nitrogens is 3. The van der Waals surface area contributed by atoms with Gasteiger partial charge in [0.05, 0.1) is 5.39 Å². The van der Waals surface area contributed by atoms with Gasteiger partial charge in [0.2, 0.25) is 5.91 Å². The minimum Gasteiger partial charge on any atom is -0.368 e. The molecular formula is C19H20N4O2. The van der Waals surface area contributed by atoms with Crippen LogP contribution in [-0.4, -0.2) is 20.9 Å². The van der Waals surface area contributed by atoms with E-state index < -0.39 is 11.9 Å². The summed E-state index contributed by atoms with van der Waals surface area (Å²) in [5, 5.41) is 8.45. The van der Waals surface area contributed by atoms with Crippen LogP contribution in [0.3, 0.4) is 0 Å². The van der Waals surface area contributed by atoms with Gasteiger partial charge in [-0.3, -0.25) is 9.59 Å². The number of rotatable bonds is 4. The smallest absolute Gasteiger partial charge is 0.278 e. The first-order valence-electron chi connectivity index (χ1n) is 8.11. The predicted molar refractivity (Wildman–Crippen MR) is 96.4 cm³/mol. The molecule has 2 atom stereocenters. The third-order valence-corrected chi connectivity index (χ3v) is 4.54. The van der Waals surface area contributed by atoms with E-state index >= 15 is 0 Å². The molecule has 128 valence electrons. The van der Waals surface area contributed by atoms with E-state index in [1.165, 1.54) is 0 Å². The number of carbonyl (C=O) groups is 1. The van der Waals surface area contributed by atoms with Gasteiger partial charge in [-0.2, -0.15) is 4.68 Å². The number of hydrogen-bond acceptors (Lipinski definition) is 4. The van der Waals surface area contributed by atoms with Crippen molar-refractivity contribution < 1.29 is 4.79 Å². The Hall–Kier alpha value is -3.02. The zero-order valence-electron chi connectivity index (χ0n) is 14.4.